The van der Waals surface area contributed by atoms with Gasteiger partial charge in [-0.2, -0.15) is 0 Å². The first kappa shape index (κ1) is 18.9. The van der Waals surface area contributed by atoms with Crippen LogP contribution in [-0.4, -0.2) is 73.5 Å². The highest BCUT2D eigenvalue weighted by Crippen LogP contribution is 2.17. The molecule has 2 N–H and O–H groups in total. The van der Waals surface area contributed by atoms with Gasteiger partial charge in [0.05, 0.1) is 0 Å². The first-order chi connectivity index (χ1) is 12.7. The maximum Gasteiger partial charge on any atom is 0.251 e. The summed E-state index contributed by atoms with van der Waals surface area (Å²) in [5.74, 6) is 0.233. The molecule has 2 amide bonds. The smallest absolute Gasteiger partial charge is 0.251 e. The van der Waals surface area contributed by atoms with Gasteiger partial charge < -0.3 is 15.5 Å². The first-order valence-corrected chi connectivity index (χ1v) is 9.80. The van der Waals surface area contributed by atoms with E-state index in [1.54, 1.807) is 0 Å². The van der Waals surface area contributed by atoms with Crippen LogP contribution in [0, 0.1) is 0 Å². The summed E-state index contributed by atoms with van der Waals surface area (Å²) in [6.07, 6.45) is 4.01. The Balaban J connectivity index is 1.46. The number of amides is 2. The van der Waals surface area contributed by atoms with E-state index in [9.17, 15) is 9.59 Å². The zero-order valence-corrected chi connectivity index (χ0v) is 15.5. The number of benzene rings is 1. The normalized spacial score (nSPS) is 21.4. The third-order valence-electron chi connectivity index (χ3n) is 5.37. The van der Waals surface area contributed by atoms with Crippen molar-refractivity contribution >= 4 is 11.8 Å². The highest BCUT2D eigenvalue weighted by atomic mass is 16.2. The van der Waals surface area contributed by atoms with Crippen LogP contribution in [0.1, 0.15) is 36.0 Å². The van der Waals surface area contributed by atoms with Crippen LogP contribution in [0.2, 0.25) is 0 Å². The summed E-state index contributed by atoms with van der Waals surface area (Å²) in [4.78, 5) is 29.0. The molecule has 2 aliphatic rings. The largest absolute Gasteiger partial charge is 0.350 e. The second kappa shape index (κ2) is 9.69. The molecular formula is C20H30N4O2. The average Bonchev–Trinajstić information content (AvgIpc) is 2.72. The number of nitrogens with one attached hydrogen (secondary N) is 2. The van der Waals surface area contributed by atoms with E-state index in [4.69, 9.17) is 0 Å². The van der Waals surface area contributed by atoms with E-state index in [0.29, 0.717) is 24.6 Å². The second-order valence-electron chi connectivity index (χ2n) is 7.14. The van der Waals surface area contributed by atoms with Gasteiger partial charge >= 0.3 is 0 Å². The molecule has 0 saturated carbocycles. The van der Waals surface area contributed by atoms with Gasteiger partial charge in [-0.3, -0.25) is 14.5 Å². The number of likely N-dealkylation sites (tertiary alicyclic amines) is 1. The molecule has 0 spiro atoms. The molecule has 0 bridgehead atoms. The molecule has 1 unspecified atom stereocenters. The number of rotatable bonds is 6. The van der Waals surface area contributed by atoms with Crippen LogP contribution in [0.3, 0.4) is 0 Å². The fraction of sp³-hybridized carbons (Fsp3) is 0.600. The van der Waals surface area contributed by atoms with E-state index in [1.807, 2.05) is 35.2 Å². The van der Waals surface area contributed by atoms with E-state index < -0.39 is 0 Å². The lowest BCUT2D eigenvalue weighted by molar-refractivity contribution is -0.132. The molecule has 2 aliphatic heterocycles. The number of carbonyl (C=O) groups excluding carboxylic acids is 2. The summed E-state index contributed by atoms with van der Waals surface area (Å²) in [6, 6.07) is 9.66. The lowest BCUT2D eigenvalue weighted by Crippen LogP contribution is -2.49. The van der Waals surface area contributed by atoms with Gasteiger partial charge in [0.15, 0.2) is 0 Å². The minimum absolute atomic E-state index is 0.0204. The highest BCUT2D eigenvalue weighted by molar-refractivity contribution is 5.94. The fourth-order valence-electron chi connectivity index (χ4n) is 3.80. The van der Waals surface area contributed by atoms with Gasteiger partial charge in [-0.25, -0.2) is 0 Å². The molecule has 0 radical (unpaired) electrons. The van der Waals surface area contributed by atoms with Crippen LogP contribution in [0.15, 0.2) is 30.3 Å². The number of carbonyl (C=O) groups is 2. The molecule has 2 saturated heterocycles. The summed E-state index contributed by atoms with van der Waals surface area (Å²) in [5.41, 5.74) is 0.698. The van der Waals surface area contributed by atoms with E-state index in [-0.39, 0.29) is 11.8 Å². The Bertz CT molecular complexity index is 587. The lowest BCUT2D eigenvalue weighted by atomic mass is 10.0. The van der Waals surface area contributed by atoms with Crippen LogP contribution < -0.4 is 10.6 Å². The SMILES string of the molecule is O=C(NCC1CCCCN1CCC(=O)N1CCNCC1)c1ccccc1. The van der Waals surface area contributed by atoms with Crippen LogP contribution in [0.5, 0.6) is 0 Å². The zero-order chi connectivity index (χ0) is 18.2. The molecular weight excluding hydrogens is 328 g/mol. The van der Waals surface area contributed by atoms with Crippen molar-refractivity contribution in [2.45, 2.75) is 31.7 Å². The van der Waals surface area contributed by atoms with Gasteiger partial charge in [0, 0.05) is 57.3 Å². The van der Waals surface area contributed by atoms with Crippen molar-refractivity contribution in [3.8, 4) is 0 Å². The minimum Gasteiger partial charge on any atom is -0.350 e. The van der Waals surface area contributed by atoms with Gasteiger partial charge in [-0.15, -0.1) is 0 Å². The predicted molar refractivity (Wildman–Crippen MR) is 102 cm³/mol. The molecule has 2 fully saturated rings. The van der Waals surface area contributed by atoms with Gasteiger partial charge in [-0.1, -0.05) is 24.6 Å². The topological polar surface area (TPSA) is 64.7 Å². The molecule has 26 heavy (non-hydrogen) atoms. The van der Waals surface area contributed by atoms with Gasteiger partial charge in [-0.05, 0) is 31.5 Å². The molecule has 3 rings (SSSR count). The van der Waals surface area contributed by atoms with Gasteiger partial charge in [0.1, 0.15) is 0 Å². The first-order valence-electron chi connectivity index (χ1n) is 9.80. The quantitative estimate of drug-likeness (QED) is 0.799. The molecule has 0 aromatic heterocycles. The molecule has 6 nitrogen and oxygen atoms in total. The Morgan fingerprint density at radius 2 is 1.85 bits per heavy atom. The molecule has 0 aliphatic carbocycles. The van der Waals surface area contributed by atoms with Crippen molar-refractivity contribution in [1.82, 2.24) is 20.4 Å². The Labute approximate surface area is 155 Å². The van der Waals surface area contributed by atoms with E-state index in [0.717, 1.165) is 45.7 Å². The molecule has 6 heteroatoms. The summed E-state index contributed by atoms with van der Waals surface area (Å²) >= 11 is 0. The average molecular weight is 358 g/mol. The van der Waals surface area contributed by atoms with E-state index >= 15 is 0 Å². The van der Waals surface area contributed by atoms with Crippen molar-refractivity contribution in [1.29, 1.82) is 0 Å². The highest BCUT2D eigenvalue weighted by Gasteiger charge is 2.24. The Morgan fingerprint density at radius 3 is 2.62 bits per heavy atom. The Hall–Kier alpha value is -1.92. The second-order valence-corrected chi connectivity index (χ2v) is 7.14. The molecule has 1 aromatic carbocycles. The van der Waals surface area contributed by atoms with Crippen LogP contribution in [0.25, 0.3) is 0 Å². The predicted octanol–water partition coefficient (Wildman–Crippen LogP) is 1.09. The molecule has 1 aromatic rings. The zero-order valence-electron chi connectivity index (χ0n) is 15.5. The lowest BCUT2D eigenvalue weighted by Gasteiger charge is -2.36. The van der Waals surface area contributed by atoms with Crippen molar-refractivity contribution in [3.63, 3.8) is 0 Å². The van der Waals surface area contributed by atoms with Crippen LogP contribution >= 0.6 is 0 Å². The number of hydrogen-bond donors (Lipinski definition) is 2. The Morgan fingerprint density at radius 1 is 1.08 bits per heavy atom. The maximum atomic E-state index is 12.4. The van der Waals surface area contributed by atoms with Gasteiger partial charge in [0.25, 0.3) is 5.91 Å². The number of hydrogen-bond acceptors (Lipinski definition) is 4. The van der Waals surface area contributed by atoms with Crippen LogP contribution in [0.4, 0.5) is 0 Å². The van der Waals surface area contributed by atoms with Crippen molar-refractivity contribution in [2.24, 2.45) is 0 Å². The Kier molecular flexibility index (Phi) is 7.03. The molecule has 1 atom stereocenters. The number of piperazine rings is 1. The summed E-state index contributed by atoms with van der Waals surface area (Å²) < 4.78 is 0. The standard InChI is InChI=1S/C20H30N4O2/c25-19(24-14-10-21-11-15-24)9-13-23-12-5-4-8-18(23)16-22-20(26)17-6-2-1-3-7-17/h1-3,6-7,18,21H,4-5,8-16H2,(H,22,26). The van der Waals surface area contributed by atoms with E-state index in [2.05, 4.69) is 15.5 Å². The summed E-state index contributed by atoms with van der Waals surface area (Å²) in [7, 11) is 0. The maximum absolute atomic E-state index is 12.4. The third kappa shape index (κ3) is 5.29. The number of piperidine rings is 1. The minimum atomic E-state index is -0.0204. The third-order valence-corrected chi connectivity index (χ3v) is 5.37. The van der Waals surface area contributed by atoms with E-state index in [1.165, 1.54) is 12.8 Å². The van der Waals surface area contributed by atoms with Crippen molar-refractivity contribution in [2.75, 3.05) is 45.8 Å². The van der Waals surface area contributed by atoms with Crippen molar-refractivity contribution < 1.29 is 9.59 Å². The van der Waals surface area contributed by atoms with Gasteiger partial charge in [0.2, 0.25) is 5.91 Å². The summed E-state index contributed by atoms with van der Waals surface area (Å²) in [5, 5.41) is 6.34. The monoisotopic (exact) mass is 358 g/mol. The number of nitrogens with zero attached hydrogens (tertiary/aromatic N) is 2. The summed E-state index contributed by atoms with van der Waals surface area (Å²) in [6.45, 7) is 5.86. The molecule has 2 heterocycles. The molecule has 142 valence electrons. The van der Waals surface area contributed by atoms with Crippen LogP contribution in [-0.2, 0) is 4.79 Å². The van der Waals surface area contributed by atoms with Crippen molar-refractivity contribution in [3.05, 3.63) is 35.9 Å². The fourth-order valence-corrected chi connectivity index (χ4v) is 3.80.